The van der Waals surface area contributed by atoms with Crippen molar-refractivity contribution in [2.75, 3.05) is 11.9 Å². The number of hydrogen-bond donors (Lipinski definition) is 3. The third-order valence-electron chi connectivity index (χ3n) is 3.13. The van der Waals surface area contributed by atoms with E-state index in [-0.39, 0.29) is 36.5 Å². The molecule has 0 fully saturated rings. The summed E-state index contributed by atoms with van der Waals surface area (Å²) in [5.74, 6) is 0.288. The zero-order valence-corrected chi connectivity index (χ0v) is 14.8. The average Bonchev–Trinajstić information content (AvgIpc) is 2.53. The van der Waals surface area contributed by atoms with Crippen molar-refractivity contribution in [2.24, 2.45) is 10.7 Å². The number of benzene rings is 1. The minimum absolute atomic E-state index is 0. The molecule has 0 bridgehead atoms. The molecule has 2 rings (SSSR count). The number of aliphatic imine (C=N–C) groups is 1. The second-order valence-electron chi connectivity index (χ2n) is 4.70. The summed E-state index contributed by atoms with van der Waals surface area (Å²) in [7, 11) is 0. The van der Waals surface area contributed by atoms with E-state index in [1.807, 2.05) is 18.2 Å². The van der Waals surface area contributed by atoms with Gasteiger partial charge in [0.05, 0.1) is 12.6 Å². The van der Waals surface area contributed by atoms with Gasteiger partial charge in [0.15, 0.2) is 5.96 Å². The van der Waals surface area contributed by atoms with Gasteiger partial charge in [0.2, 0.25) is 0 Å². The second kappa shape index (κ2) is 9.37. The highest BCUT2D eigenvalue weighted by Crippen LogP contribution is 2.12. The molecule has 0 aliphatic carbocycles. The van der Waals surface area contributed by atoms with E-state index in [4.69, 9.17) is 5.73 Å². The molecule has 6 heteroatoms. The van der Waals surface area contributed by atoms with Crippen LogP contribution in [-0.4, -0.2) is 22.6 Å². The van der Waals surface area contributed by atoms with Gasteiger partial charge >= 0.3 is 0 Å². The Hall–Kier alpha value is -1.67. The van der Waals surface area contributed by atoms with Crippen LogP contribution in [0, 0.1) is 0 Å². The van der Waals surface area contributed by atoms with Crippen LogP contribution in [0.2, 0.25) is 0 Å². The average molecular weight is 412 g/mol. The van der Waals surface area contributed by atoms with Crippen molar-refractivity contribution >= 4 is 35.6 Å². The monoisotopic (exact) mass is 412 g/mol. The largest absolute Gasteiger partial charge is 0.386 e. The van der Waals surface area contributed by atoms with Gasteiger partial charge in [-0.1, -0.05) is 19.1 Å². The van der Waals surface area contributed by atoms with E-state index in [1.165, 1.54) is 5.56 Å². The van der Waals surface area contributed by atoms with Crippen LogP contribution < -0.4 is 11.1 Å². The van der Waals surface area contributed by atoms with Gasteiger partial charge in [-0.05, 0) is 41.8 Å². The Labute approximate surface area is 147 Å². The summed E-state index contributed by atoms with van der Waals surface area (Å²) in [4.78, 5) is 8.08. The van der Waals surface area contributed by atoms with E-state index >= 15 is 0 Å². The van der Waals surface area contributed by atoms with Crippen molar-refractivity contribution in [1.82, 2.24) is 4.98 Å². The SMILES string of the molecule is CCc1cccc(NC(N)=NCC(O)c2ccncc2)c1.I. The molecular formula is C16H21IN4O. The molecule has 1 atom stereocenters. The molecule has 1 aromatic carbocycles. The van der Waals surface area contributed by atoms with Crippen LogP contribution in [-0.2, 0) is 6.42 Å². The number of pyridine rings is 1. The summed E-state index contributed by atoms with van der Waals surface area (Å²) in [6.07, 6.45) is 3.56. The van der Waals surface area contributed by atoms with E-state index < -0.39 is 6.10 Å². The number of aliphatic hydroxyl groups is 1. The zero-order valence-electron chi connectivity index (χ0n) is 12.4. The predicted molar refractivity (Wildman–Crippen MR) is 101 cm³/mol. The molecule has 22 heavy (non-hydrogen) atoms. The number of guanidine groups is 1. The molecule has 1 aromatic heterocycles. The molecule has 1 unspecified atom stereocenters. The molecule has 2 aromatic rings. The number of aryl methyl sites for hydroxylation is 1. The van der Waals surface area contributed by atoms with Crippen LogP contribution in [0.4, 0.5) is 5.69 Å². The predicted octanol–water partition coefficient (Wildman–Crippen LogP) is 2.72. The van der Waals surface area contributed by atoms with Crippen LogP contribution in [0.3, 0.4) is 0 Å². The molecule has 0 aliphatic rings. The summed E-state index contributed by atoms with van der Waals surface area (Å²) in [5, 5.41) is 13.0. The first-order valence-corrected chi connectivity index (χ1v) is 6.93. The number of nitrogens with two attached hydrogens (primary N) is 1. The van der Waals surface area contributed by atoms with E-state index in [0.717, 1.165) is 17.7 Å². The summed E-state index contributed by atoms with van der Waals surface area (Å²) < 4.78 is 0. The van der Waals surface area contributed by atoms with Crippen LogP contribution >= 0.6 is 24.0 Å². The van der Waals surface area contributed by atoms with Gasteiger partial charge in [0.1, 0.15) is 0 Å². The maximum absolute atomic E-state index is 10.00. The summed E-state index contributed by atoms with van der Waals surface area (Å²) in [6.45, 7) is 2.30. The molecule has 1 heterocycles. The minimum atomic E-state index is -0.685. The number of rotatable bonds is 5. The third-order valence-corrected chi connectivity index (χ3v) is 3.13. The van der Waals surface area contributed by atoms with Gasteiger partial charge < -0.3 is 16.2 Å². The van der Waals surface area contributed by atoms with E-state index in [9.17, 15) is 5.11 Å². The maximum atomic E-state index is 10.00. The van der Waals surface area contributed by atoms with E-state index in [2.05, 4.69) is 28.3 Å². The standard InChI is InChI=1S/C16H20N4O.HI/c1-2-12-4-3-5-14(10-12)20-16(17)19-11-15(21)13-6-8-18-9-7-13;/h3-10,15,21H,2,11H2,1H3,(H3,17,19,20);1H. The quantitative estimate of drug-likeness (QED) is 0.401. The molecule has 5 nitrogen and oxygen atoms in total. The Morgan fingerprint density at radius 3 is 2.73 bits per heavy atom. The molecular weight excluding hydrogens is 391 g/mol. The number of anilines is 1. The summed E-state index contributed by atoms with van der Waals surface area (Å²) in [5.41, 5.74) is 8.74. The highest BCUT2D eigenvalue weighted by molar-refractivity contribution is 14.0. The Morgan fingerprint density at radius 2 is 2.05 bits per heavy atom. The van der Waals surface area contributed by atoms with E-state index in [1.54, 1.807) is 24.5 Å². The lowest BCUT2D eigenvalue weighted by Gasteiger charge is -2.10. The maximum Gasteiger partial charge on any atom is 0.193 e. The second-order valence-corrected chi connectivity index (χ2v) is 4.70. The molecule has 0 aliphatic heterocycles. The van der Waals surface area contributed by atoms with Crippen LogP contribution in [0.15, 0.2) is 53.8 Å². The fraction of sp³-hybridized carbons (Fsp3) is 0.250. The number of halogens is 1. The zero-order chi connectivity index (χ0) is 15.1. The van der Waals surface area contributed by atoms with Gasteiger partial charge in [-0.25, -0.2) is 0 Å². The number of nitrogens with zero attached hydrogens (tertiary/aromatic N) is 2. The summed E-state index contributed by atoms with van der Waals surface area (Å²) in [6, 6.07) is 11.5. The number of hydrogen-bond acceptors (Lipinski definition) is 3. The third kappa shape index (κ3) is 5.61. The van der Waals surface area contributed by atoms with Gasteiger partial charge in [-0.15, -0.1) is 24.0 Å². The van der Waals surface area contributed by atoms with Crippen LogP contribution in [0.5, 0.6) is 0 Å². The Morgan fingerprint density at radius 1 is 1.32 bits per heavy atom. The van der Waals surface area contributed by atoms with Crippen molar-refractivity contribution in [3.05, 3.63) is 59.9 Å². The first kappa shape index (κ1) is 18.4. The van der Waals surface area contributed by atoms with Gasteiger partial charge in [-0.2, -0.15) is 0 Å². The first-order chi connectivity index (χ1) is 10.2. The van der Waals surface area contributed by atoms with Crippen molar-refractivity contribution in [3.63, 3.8) is 0 Å². The van der Waals surface area contributed by atoms with Crippen molar-refractivity contribution in [1.29, 1.82) is 0 Å². The molecule has 0 spiro atoms. The Bertz CT molecular complexity index is 604. The van der Waals surface area contributed by atoms with Gasteiger partial charge in [-0.3, -0.25) is 9.98 Å². The molecule has 0 saturated heterocycles. The molecule has 118 valence electrons. The smallest absolute Gasteiger partial charge is 0.193 e. The lowest BCUT2D eigenvalue weighted by Crippen LogP contribution is -2.23. The fourth-order valence-corrected chi connectivity index (χ4v) is 1.93. The number of aromatic nitrogens is 1. The Kier molecular flexibility index (Phi) is 7.83. The molecule has 0 radical (unpaired) electrons. The van der Waals surface area contributed by atoms with Gasteiger partial charge in [0.25, 0.3) is 0 Å². The highest BCUT2D eigenvalue weighted by atomic mass is 127. The number of nitrogens with one attached hydrogen (secondary N) is 1. The summed E-state index contributed by atoms with van der Waals surface area (Å²) >= 11 is 0. The van der Waals surface area contributed by atoms with Gasteiger partial charge in [0, 0.05) is 18.1 Å². The highest BCUT2D eigenvalue weighted by Gasteiger charge is 2.06. The Balaban J connectivity index is 0.00000242. The molecule has 4 N–H and O–H groups in total. The lowest BCUT2D eigenvalue weighted by molar-refractivity contribution is 0.187. The van der Waals surface area contributed by atoms with Crippen molar-refractivity contribution in [2.45, 2.75) is 19.4 Å². The van der Waals surface area contributed by atoms with Crippen LogP contribution in [0.25, 0.3) is 0 Å². The first-order valence-electron chi connectivity index (χ1n) is 6.93. The van der Waals surface area contributed by atoms with Crippen molar-refractivity contribution in [3.8, 4) is 0 Å². The minimum Gasteiger partial charge on any atom is -0.386 e. The molecule has 0 amide bonds. The number of aliphatic hydroxyl groups excluding tert-OH is 1. The van der Waals surface area contributed by atoms with E-state index in [0.29, 0.717) is 0 Å². The van der Waals surface area contributed by atoms with Crippen molar-refractivity contribution < 1.29 is 5.11 Å². The van der Waals surface area contributed by atoms with Crippen LogP contribution in [0.1, 0.15) is 24.2 Å². The lowest BCUT2D eigenvalue weighted by atomic mass is 10.1. The molecule has 0 saturated carbocycles. The normalized spacial score (nSPS) is 12.4. The topological polar surface area (TPSA) is 83.5 Å². The fourth-order valence-electron chi connectivity index (χ4n) is 1.93.